The molecule has 11 heteroatoms. The number of aromatic nitrogens is 1. The fourth-order valence-corrected chi connectivity index (χ4v) is 6.19. The van der Waals surface area contributed by atoms with Gasteiger partial charge in [0, 0.05) is 50.6 Å². The van der Waals surface area contributed by atoms with Crippen LogP contribution in [0.4, 0.5) is 4.79 Å². The fraction of sp³-hybridized carbons (Fsp3) is 0.595. The maximum absolute atomic E-state index is 13.7. The molecular weight excluding hydrogens is 612 g/mol. The molecule has 1 aromatic heterocycles. The normalized spacial score (nSPS) is 18.2. The van der Waals surface area contributed by atoms with Crippen molar-refractivity contribution in [2.75, 3.05) is 26.2 Å². The Kier molecular flexibility index (Phi) is 12.1. The molecule has 2 atom stereocenters. The third-order valence-corrected chi connectivity index (χ3v) is 8.65. The van der Waals surface area contributed by atoms with Crippen molar-refractivity contribution in [1.29, 1.82) is 0 Å². The van der Waals surface area contributed by atoms with Gasteiger partial charge in [0.05, 0.1) is 18.4 Å². The van der Waals surface area contributed by atoms with E-state index in [1.165, 1.54) is 0 Å². The van der Waals surface area contributed by atoms with Gasteiger partial charge in [0.25, 0.3) is 0 Å². The van der Waals surface area contributed by atoms with Gasteiger partial charge in [-0.1, -0.05) is 12.1 Å². The zero-order valence-electron chi connectivity index (χ0n) is 29.3. The molecule has 4 rings (SSSR count). The van der Waals surface area contributed by atoms with Crippen molar-refractivity contribution < 1.29 is 33.8 Å². The van der Waals surface area contributed by atoms with Gasteiger partial charge in [0.15, 0.2) is 0 Å². The van der Waals surface area contributed by atoms with Crippen molar-refractivity contribution in [1.82, 2.24) is 20.1 Å². The molecule has 0 radical (unpaired) electrons. The van der Waals surface area contributed by atoms with Crippen LogP contribution >= 0.6 is 0 Å². The Bertz CT molecular complexity index is 1420. The largest absolute Gasteiger partial charge is 0.508 e. The van der Waals surface area contributed by atoms with E-state index in [0.29, 0.717) is 56.9 Å². The number of phenols is 1. The standard InChI is InChI=1S/C37H52N4O7/c1-36(2,3)47-33(44)21-31(29-20-28(22-38-23-29)26-10-12-30(42)13-11-26)39-34(45)27-8-7-17-41(24-27)32(43)14-9-25-15-18-40(19-16-25)35(46)48-37(4,5)6/h10-13,20,22-23,25,27,31,42H,7-9,14-19,21,24H2,1-6H3,(H,39,45). The Balaban J connectivity index is 1.35. The minimum atomic E-state index is -0.686. The zero-order chi connectivity index (χ0) is 35.1. The first-order chi connectivity index (χ1) is 22.6. The molecule has 2 N–H and O–H groups in total. The van der Waals surface area contributed by atoms with Crippen LogP contribution in [0.5, 0.6) is 5.75 Å². The van der Waals surface area contributed by atoms with Crippen molar-refractivity contribution in [3.05, 3.63) is 48.3 Å². The molecule has 2 fully saturated rings. The molecule has 262 valence electrons. The van der Waals surface area contributed by atoms with Gasteiger partial charge in [-0.25, -0.2) is 4.79 Å². The number of hydrogen-bond donors (Lipinski definition) is 2. The Morgan fingerprint density at radius 2 is 1.56 bits per heavy atom. The lowest BCUT2D eigenvalue weighted by molar-refractivity contribution is -0.155. The predicted molar refractivity (Wildman–Crippen MR) is 182 cm³/mol. The van der Waals surface area contributed by atoms with Crippen LogP contribution in [-0.4, -0.2) is 81.1 Å². The first-order valence-corrected chi connectivity index (χ1v) is 17.1. The summed E-state index contributed by atoms with van der Waals surface area (Å²) in [5.41, 5.74) is 1.05. The quantitative estimate of drug-likeness (QED) is 0.311. The monoisotopic (exact) mass is 664 g/mol. The topological polar surface area (TPSA) is 138 Å². The van der Waals surface area contributed by atoms with E-state index in [1.54, 1.807) is 67.2 Å². The Morgan fingerprint density at radius 1 is 0.896 bits per heavy atom. The second kappa shape index (κ2) is 15.8. The zero-order valence-corrected chi connectivity index (χ0v) is 29.3. The van der Waals surface area contributed by atoms with Crippen LogP contribution in [0.3, 0.4) is 0 Å². The van der Waals surface area contributed by atoms with Gasteiger partial charge in [-0.2, -0.15) is 0 Å². The molecule has 2 unspecified atom stereocenters. The summed E-state index contributed by atoms with van der Waals surface area (Å²) in [5, 5.41) is 12.8. The highest BCUT2D eigenvalue weighted by molar-refractivity contribution is 5.82. The van der Waals surface area contributed by atoms with E-state index in [4.69, 9.17) is 9.47 Å². The molecular formula is C37H52N4O7. The van der Waals surface area contributed by atoms with Crippen LogP contribution in [0, 0.1) is 11.8 Å². The number of likely N-dealkylation sites (tertiary alicyclic amines) is 2. The van der Waals surface area contributed by atoms with E-state index >= 15 is 0 Å². The van der Waals surface area contributed by atoms with Gasteiger partial charge in [-0.05, 0) is 109 Å². The SMILES string of the molecule is CC(C)(C)OC(=O)CC(NC(=O)C1CCCN(C(=O)CCC2CCN(C(=O)OC(C)(C)C)CC2)C1)c1cncc(-c2ccc(O)cc2)c1. The number of ether oxygens (including phenoxy) is 2. The van der Waals surface area contributed by atoms with Crippen LogP contribution in [0.1, 0.15) is 98.1 Å². The molecule has 48 heavy (non-hydrogen) atoms. The summed E-state index contributed by atoms with van der Waals surface area (Å²) in [4.78, 5) is 60.2. The highest BCUT2D eigenvalue weighted by Crippen LogP contribution is 2.28. The summed E-state index contributed by atoms with van der Waals surface area (Å²) < 4.78 is 11.1. The molecule has 2 aliphatic rings. The number of piperidine rings is 2. The number of carbonyl (C=O) groups is 4. The molecule has 11 nitrogen and oxygen atoms in total. The number of pyridine rings is 1. The number of nitrogens with one attached hydrogen (secondary N) is 1. The highest BCUT2D eigenvalue weighted by Gasteiger charge is 2.32. The van der Waals surface area contributed by atoms with Gasteiger partial charge < -0.3 is 29.7 Å². The van der Waals surface area contributed by atoms with Crippen LogP contribution in [0.15, 0.2) is 42.7 Å². The summed E-state index contributed by atoms with van der Waals surface area (Å²) in [6.45, 7) is 13.1. The number of esters is 1. The van der Waals surface area contributed by atoms with Crippen molar-refractivity contribution >= 4 is 23.9 Å². The van der Waals surface area contributed by atoms with Crippen molar-refractivity contribution in [2.24, 2.45) is 11.8 Å². The summed E-state index contributed by atoms with van der Waals surface area (Å²) in [6, 6.07) is 7.93. The average molecular weight is 665 g/mol. The molecule has 0 aliphatic carbocycles. The molecule has 1 aromatic carbocycles. The number of amides is 3. The average Bonchev–Trinajstić information content (AvgIpc) is 3.02. The second-order valence-electron chi connectivity index (χ2n) is 15.0. The van der Waals surface area contributed by atoms with Gasteiger partial charge in [-0.15, -0.1) is 0 Å². The first-order valence-electron chi connectivity index (χ1n) is 17.1. The molecule has 2 aromatic rings. The smallest absolute Gasteiger partial charge is 0.410 e. The maximum Gasteiger partial charge on any atom is 0.410 e. The summed E-state index contributed by atoms with van der Waals surface area (Å²) >= 11 is 0. The highest BCUT2D eigenvalue weighted by atomic mass is 16.6. The van der Waals surface area contributed by atoms with Crippen LogP contribution < -0.4 is 5.32 Å². The third-order valence-electron chi connectivity index (χ3n) is 8.65. The lowest BCUT2D eigenvalue weighted by Gasteiger charge is -2.35. The Hall–Kier alpha value is -4.15. The Labute approximate surface area is 284 Å². The van der Waals surface area contributed by atoms with E-state index in [2.05, 4.69) is 10.3 Å². The fourth-order valence-electron chi connectivity index (χ4n) is 6.19. The van der Waals surface area contributed by atoms with Gasteiger partial charge >= 0.3 is 12.1 Å². The van der Waals surface area contributed by atoms with E-state index in [0.717, 1.165) is 30.4 Å². The van der Waals surface area contributed by atoms with E-state index in [-0.39, 0.29) is 30.1 Å². The van der Waals surface area contributed by atoms with Crippen molar-refractivity contribution in [2.45, 2.75) is 104 Å². The second-order valence-corrected chi connectivity index (χ2v) is 15.0. The van der Waals surface area contributed by atoms with E-state index < -0.39 is 29.1 Å². The number of benzene rings is 1. The van der Waals surface area contributed by atoms with Crippen molar-refractivity contribution in [3.63, 3.8) is 0 Å². The summed E-state index contributed by atoms with van der Waals surface area (Å²) in [5.74, 6) is -0.521. The lowest BCUT2D eigenvalue weighted by atomic mass is 9.91. The molecule has 3 heterocycles. The van der Waals surface area contributed by atoms with Crippen LogP contribution in [0.25, 0.3) is 11.1 Å². The number of rotatable bonds is 9. The van der Waals surface area contributed by atoms with Gasteiger partial charge in [0.1, 0.15) is 17.0 Å². The van der Waals surface area contributed by atoms with Gasteiger partial charge in [-0.3, -0.25) is 19.4 Å². The van der Waals surface area contributed by atoms with Crippen LogP contribution in [-0.2, 0) is 23.9 Å². The molecule has 3 amide bonds. The number of hydrogen-bond acceptors (Lipinski definition) is 8. The van der Waals surface area contributed by atoms with E-state index in [1.807, 2.05) is 26.8 Å². The number of aromatic hydroxyl groups is 1. The maximum atomic E-state index is 13.7. The van der Waals surface area contributed by atoms with Crippen LogP contribution in [0.2, 0.25) is 0 Å². The Morgan fingerprint density at radius 3 is 2.21 bits per heavy atom. The molecule has 0 saturated carbocycles. The van der Waals surface area contributed by atoms with Crippen molar-refractivity contribution in [3.8, 4) is 16.9 Å². The molecule has 0 bridgehead atoms. The number of phenolic OH excluding ortho intramolecular Hbond substituents is 1. The minimum Gasteiger partial charge on any atom is -0.508 e. The minimum absolute atomic E-state index is 0.0400. The summed E-state index contributed by atoms with van der Waals surface area (Å²) in [7, 11) is 0. The molecule has 2 aliphatic heterocycles. The number of nitrogens with zero attached hydrogens (tertiary/aromatic N) is 3. The molecule has 0 spiro atoms. The third kappa shape index (κ3) is 11.2. The molecule has 2 saturated heterocycles. The van der Waals surface area contributed by atoms with E-state index in [9.17, 15) is 24.3 Å². The summed E-state index contributed by atoms with van der Waals surface area (Å²) in [6.07, 6.45) is 7.13. The first kappa shape index (κ1) is 36.7. The lowest BCUT2D eigenvalue weighted by Crippen LogP contribution is -2.46. The van der Waals surface area contributed by atoms with Gasteiger partial charge in [0.2, 0.25) is 11.8 Å². The predicted octanol–water partition coefficient (Wildman–Crippen LogP) is 6.01. The number of carbonyl (C=O) groups excluding carboxylic acids is 4.